The summed E-state index contributed by atoms with van der Waals surface area (Å²) in [5.41, 5.74) is 5.76. The second-order valence-electron chi connectivity index (χ2n) is 19.5. The predicted octanol–water partition coefficient (Wildman–Crippen LogP) is 10.9. The van der Waals surface area contributed by atoms with Crippen molar-refractivity contribution in [3.63, 3.8) is 0 Å². The Labute approximate surface area is 454 Å². The number of benzene rings is 6. The summed E-state index contributed by atoms with van der Waals surface area (Å²) in [6, 6.07) is 59.8. The van der Waals surface area contributed by atoms with Gasteiger partial charge in [0.15, 0.2) is 12.6 Å². The number of aliphatic hydroxyl groups is 1. The van der Waals surface area contributed by atoms with Crippen molar-refractivity contribution < 1.29 is 62.0 Å². The first-order valence-corrected chi connectivity index (χ1v) is 27.2. The number of esters is 1. The zero-order chi connectivity index (χ0) is 53.1. The Kier molecular flexibility index (Phi) is 24.1. The highest BCUT2D eigenvalue weighted by atomic mass is 16.8. The first-order valence-electron chi connectivity index (χ1n) is 27.2. The zero-order valence-corrected chi connectivity index (χ0v) is 44.3. The molecular weight excluding hydrogens is 977 g/mol. The fourth-order valence-electron chi connectivity index (χ4n) is 9.62. The van der Waals surface area contributed by atoms with E-state index < -0.39 is 68.0 Å². The molecule has 0 amide bonds. The molecule has 77 heavy (non-hydrogen) atoms. The van der Waals surface area contributed by atoms with Crippen molar-refractivity contribution in [2.75, 3.05) is 26.9 Å². The third-order valence-electron chi connectivity index (χ3n) is 13.8. The van der Waals surface area contributed by atoms with Crippen molar-refractivity contribution in [2.24, 2.45) is 0 Å². The minimum atomic E-state index is -1.14. The van der Waals surface area contributed by atoms with Crippen LogP contribution < -0.4 is 0 Å². The van der Waals surface area contributed by atoms with Gasteiger partial charge in [-0.2, -0.15) is 0 Å². The lowest BCUT2D eigenvalue weighted by Gasteiger charge is -2.50. The summed E-state index contributed by atoms with van der Waals surface area (Å²) in [7, 11) is 1.42. The molecule has 8 rings (SSSR count). The SMILES string of the molecule is COC(=O)CCCCCCCCO[C@@H]1O[C@H](CO)[C@@H](OCc2ccccc2)[C@H](O[C@H]2O[C@H](COCc3ccccc3)[C@@H](OCc3ccccc3)[C@H](OCc3ccccc3)[C@@H]2OCc2ccccc2)[C@@H]1OCc1ccccc1. The quantitative estimate of drug-likeness (QED) is 0.0317. The molecule has 2 aliphatic heterocycles. The van der Waals surface area contributed by atoms with Crippen LogP contribution in [0.15, 0.2) is 182 Å². The Morgan fingerprint density at radius 3 is 1.21 bits per heavy atom. The third-order valence-corrected chi connectivity index (χ3v) is 13.8. The summed E-state index contributed by atoms with van der Waals surface area (Å²) in [6.45, 7) is 1.51. The van der Waals surface area contributed by atoms with Gasteiger partial charge < -0.3 is 57.2 Å². The second-order valence-corrected chi connectivity index (χ2v) is 19.5. The monoisotopic (exact) mass is 1050 g/mol. The molecule has 410 valence electrons. The topological polar surface area (TPSA) is 139 Å². The Hall–Kier alpha value is -5.65. The molecule has 1 N–H and O–H groups in total. The van der Waals surface area contributed by atoms with Crippen LogP contribution in [-0.4, -0.2) is 99.4 Å². The molecule has 0 radical (unpaired) electrons. The van der Waals surface area contributed by atoms with Crippen molar-refractivity contribution >= 4 is 5.97 Å². The van der Waals surface area contributed by atoms with E-state index in [4.69, 9.17) is 52.1 Å². The largest absolute Gasteiger partial charge is 0.469 e. The van der Waals surface area contributed by atoms with Crippen molar-refractivity contribution in [2.45, 2.75) is 146 Å². The number of carbonyl (C=O) groups is 1. The van der Waals surface area contributed by atoms with E-state index in [0.717, 1.165) is 71.9 Å². The van der Waals surface area contributed by atoms with Gasteiger partial charge in [0, 0.05) is 13.0 Å². The Bertz CT molecular complexity index is 2490. The first kappa shape index (κ1) is 57.5. The summed E-state index contributed by atoms with van der Waals surface area (Å²) in [6.07, 6.45) is -3.14. The summed E-state index contributed by atoms with van der Waals surface area (Å²) < 4.78 is 74.4. The van der Waals surface area contributed by atoms with E-state index >= 15 is 0 Å². The highest BCUT2D eigenvalue weighted by Gasteiger charge is 2.54. The number of methoxy groups -OCH3 is 1. The molecule has 0 aliphatic carbocycles. The van der Waals surface area contributed by atoms with Gasteiger partial charge in [-0.05, 0) is 46.2 Å². The number of aliphatic hydroxyl groups excluding tert-OH is 1. The Morgan fingerprint density at radius 2 is 0.766 bits per heavy atom. The van der Waals surface area contributed by atoms with Crippen LogP contribution in [-0.2, 0) is 96.5 Å². The van der Waals surface area contributed by atoms with Crippen LogP contribution in [0.2, 0.25) is 0 Å². The maximum Gasteiger partial charge on any atom is 0.305 e. The van der Waals surface area contributed by atoms with Crippen LogP contribution in [0, 0.1) is 0 Å². The number of unbranched alkanes of at least 4 members (excludes halogenated alkanes) is 5. The fourth-order valence-corrected chi connectivity index (χ4v) is 9.62. The molecule has 2 heterocycles. The maximum atomic E-state index is 11.6. The van der Waals surface area contributed by atoms with Crippen molar-refractivity contribution in [1.82, 2.24) is 0 Å². The van der Waals surface area contributed by atoms with Crippen molar-refractivity contribution in [3.8, 4) is 0 Å². The van der Waals surface area contributed by atoms with Crippen molar-refractivity contribution in [1.29, 1.82) is 0 Å². The van der Waals surface area contributed by atoms with E-state index in [1.165, 1.54) is 7.11 Å². The van der Waals surface area contributed by atoms with Crippen LogP contribution >= 0.6 is 0 Å². The highest BCUT2D eigenvalue weighted by molar-refractivity contribution is 5.68. The van der Waals surface area contributed by atoms with Gasteiger partial charge in [0.2, 0.25) is 0 Å². The number of ether oxygens (including phenoxy) is 11. The summed E-state index contributed by atoms with van der Waals surface area (Å²) in [5.74, 6) is -0.183. The smallest absolute Gasteiger partial charge is 0.305 e. The van der Waals surface area contributed by atoms with Crippen LogP contribution in [0.1, 0.15) is 78.3 Å². The predicted molar refractivity (Wildman–Crippen MR) is 291 cm³/mol. The third kappa shape index (κ3) is 18.5. The lowest BCUT2D eigenvalue weighted by molar-refractivity contribution is -0.378. The first-order chi connectivity index (χ1) is 38.0. The van der Waals surface area contributed by atoms with Gasteiger partial charge in [-0.1, -0.05) is 208 Å². The summed E-state index contributed by atoms with van der Waals surface area (Å²) >= 11 is 0. The fraction of sp³-hybridized carbons (Fsp3) is 0.422. The van der Waals surface area contributed by atoms with Gasteiger partial charge in [0.05, 0.1) is 60.0 Å². The molecule has 2 fully saturated rings. The average molecular weight is 1050 g/mol. The van der Waals surface area contributed by atoms with Crippen LogP contribution in [0.4, 0.5) is 0 Å². The summed E-state index contributed by atoms with van der Waals surface area (Å²) in [5, 5.41) is 11.3. The molecular formula is C64H76O13. The van der Waals surface area contributed by atoms with Gasteiger partial charge in [-0.3, -0.25) is 4.79 Å². The minimum Gasteiger partial charge on any atom is -0.469 e. The standard InChI is InChI=1S/C64H76O13/c1-67-56(66)38-24-4-2-3-5-25-39-69-63-62(74-46-53-36-22-11-23-37-53)60(57(54(40-65)75-63)70-42-49-28-14-7-15-29-49)77-64-61(73-45-52-34-20-10-21-35-52)59(72-44-51-32-18-9-19-33-51)58(71-43-50-30-16-8-17-31-50)55(76-64)47-68-41-48-26-12-6-13-27-48/h6-23,26-37,54-55,57-65H,2-5,24-25,38-47H2,1H3/t54-,55-,57-,58-,59+,60+,61+,62+,63-,64-/m1/s1. The average Bonchev–Trinajstić information content (AvgIpc) is 3.51. The molecule has 10 atom stereocenters. The lowest BCUT2D eigenvalue weighted by Crippen LogP contribution is -2.66. The number of rotatable bonds is 32. The van der Waals surface area contributed by atoms with E-state index in [1.807, 2.05) is 182 Å². The van der Waals surface area contributed by atoms with E-state index in [1.54, 1.807) is 0 Å². The number of hydrogen-bond acceptors (Lipinski definition) is 13. The lowest BCUT2D eigenvalue weighted by atomic mass is 9.95. The Morgan fingerprint density at radius 1 is 0.403 bits per heavy atom. The molecule has 2 saturated heterocycles. The Balaban J connectivity index is 1.15. The molecule has 6 aromatic rings. The minimum absolute atomic E-state index is 0.122. The molecule has 0 saturated carbocycles. The number of hydrogen-bond donors (Lipinski definition) is 1. The molecule has 13 nitrogen and oxygen atoms in total. The van der Waals surface area contributed by atoms with Gasteiger partial charge in [0.25, 0.3) is 0 Å². The van der Waals surface area contributed by atoms with E-state index in [-0.39, 0.29) is 45.6 Å². The van der Waals surface area contributed by atoms with Crippen LogP contribution in [0.5, 0.6) is 0 Å². The highest BCUT2D eigenvalue weighted by Crippen LogP contribution is 2.37. The van der Waals surface area contributed by atoms with E-state index in [2.05, 4.69) is 0 Å². The maximum absolute atomic E-state index is 11.6. The molecule has 0 bridgehead atoms. The molecule has 13 heteroatoms. The molecule has 0 unspecified atom stereocenters. The van der Waals surface area contributed by atoms with Gasteiger partial charge in [-0.25, -0.2) is 0 Å². The van der Waals surface area contributed by atoms with Crippen LogP contribution in [0.25, 0.3) is 0 Å². The second kappa shape index (κ2) is 32.3. The van der Waals surface area contributed by atoms with Crippen LogP contribution in [0.3, 0.4) is 0 Å². The normalized spacial score (nSPS) is 23.4. The summed E-state index contributed by atoms with van der Waals surface area (Å²) in [4.78, 5) is 11.6. The van der Waals surface area contributed by atoms with Crippen molar-refractivity contribution in [3.05, 3.63) is 215 Å². The molecule has 0 aromatic heterocycles. The molecule has 2 aliphatic rings. The van der Waals surface area contributed by atoms with Gasteiger partial charge >= 0.3 is 5.97 Å². The van der Waals surface area contributed by atoms with Gasteiger partial charge in [0.1, 0.15) is 48.8 Å². The van der Waals surface area contributed by atoms with E-state index in [0.29, 0.717) is 19.6 Å². The van der Waals surface area contributed by atoms with E-state index in [9.17, 15) is 9.90 Å². The molecule has 0 spiro atoms. The zero-order valence-electron chi connectivity index (χ0n) is 44.3. The van der Waals surface area contributed by atoms with Gasteiger partial charge in [-0.15, -0.1) is 0 Å². The number of carbonyl (C=O) groups excluding carboxylic acids is 1. The molecule has 6 aromatic carbocycles.